The number of nitro groups is 1. The maximum Gasteiger partial charge on any atom is 0.314 e. The summed E-state index contributed by atoms with van der Waals surface area (Å²) in [5.74, 6) is -1.63. The van der Waals surface area contributed by atoms with Crippen LogP contribution < -0.4 is 5.32 Å². The van der Waals surface area contributed by atoms with Gasteiger partial charge in [-0.15, -0.1) is 0 Å². The fraction of sp³-hybridized carbons (Fsp3) is 0.263. The number of amides is 1. The fourth-order valence-corrected chi connectivity index (χ4v) is 2.66. The van der Waals surface area contributed by atoms with Crippen molar-refractivity contribution in [1.82, 2.24) is 0 Å². The van der Waals surface area contributed by atoms with Crippen molar-refractivity contribution in [3.8, 4) is 0 Å². The summed E-state index contributed by atoms with van der Waals surface area (Å²) in [4.78, 5) is 35.0. The lowest BCUT2D eigenvalue weighted by Gasteiger charge is -2.18. The molecule has 1 amide bonds. The molecule has 2 aromatic rings. The molecule has 0 saturated heterocycles. The zero-order chi connectivity index (χ0) is 20.0. The third-order valence-electron chi connectivity index (χ3n) is 3.98. The van der Waals surface area contributed by atoms with E-state index in [4.69, 9.17) is 16.3 Å². The van der Waals surface area contributed by atoms with Gasteiger partial charge in [-0.1, -0.05) is 48.9 Å². The molecule has 0 aromatic heterocycles. The van der Waals surface area contributed by atoms with Crippen molar-refractivity contribution in [2.75, 3.05) is 5.32 Å². The summed E-state index contributed by atoms with van der Waals surface area (Å²) in [5, 5.41) is 13.4. The molecule has 1 N–H and O–H groups in total. The third-order valence-corrected chi connectivity index (χ3v) is 4.31. The van der Waals surface area contributed by atoms with Crippen molar-refractivity contribution in [3.05, 3.63) is 69.2 Å². The number of hydrogen-bond acceptors (Lipinski definition) is 5. The van der Waals surface area contributed by atoms with Crippen LogP contribution in [0.25, 0.3) is 0 Å². The maximum absolute atomic E-state index is 12.4. The Bertz CT molecular complexity index is 841. The van der Waals surface area contributed by atoms with E-state index in [1.54, 1.807) is 0 Å². The summed E-state index contributed by atoms with van der Waals surface area (Å²) in [6, 6.07) is 12.8. The van der Waals surface area contributed by atoms with Crippen LogP contribution in [-0.2, 0) is 14.3 Å². The van der Waals surface area contributed by atoms with E-state index in [1.807, 2.05) is 37.3 Å². The largest absolute Gasteiger partial charge is 0.452 e. The van der Waals surface area contributed by atoms with Crippen molar-refractivity contribution < 1.29 is 19.2 Å². The molecular weight excluding hydrogens is 372 g/mol. The zero-order valence-corrected chi connectivity index (χ0v) is 15.6. The van der Waals surface area contributed by atoms with Gasteiger partial charge in [-0.2, -0.15) is 0 Å². The van der Waals surface area contributed by atoms with Crippen molar-refractivity contribution >= 4 is 34.9 Å². The van der Waals surface area contributed by atoms with Crippen LogP contribution in [0.1, 0.15) is 31.7 Å². The smallest absolute Gasteiger partial charge is 0.314 e. The van der Waals surface area contributed by atoms with E-state index in [9.17, 15) is 19.7 Å². The summed E-state index contributed by atoms with van der Waals surface area (Å²) in [7, 11) is 0. The van der Waals surface area contributed by atoms with Crippen molar-refractivity contribution in [2.24, 2.45) is 0 Å². The third kappa shape index (κ3) is 5.27. The van der Waals surface area contributed by atoms with E-state index in [-0.39, 0.29) is 16.4 Å². The highest BCUT2D eigenvalue weighted by molar-refractivity contribution is 6.33. The Morgan fingerprint density at radius 3 is 2.48 bits per heavy atom. The average molecular weight is 391 g/mol. The SMILES string of the molecule is CC[C@H](C(=O)O[C@@H](C)C(=O)Nc1cc([N+](=O)[O-])ccc1Cl)c1ccccc1. The number of halogens is 1. The van der Waals surface area contributed by atoms with Gasteiger partial charge in [-0.3, -0.25) is 19.7 Å². The summed E-state index contributed by atoms with van der Waals surface area (Å²) < 4.78 is 5.28. The topological polar surface area (TPSA) is 98.5 Å². The van der Waals surface area contributed by atoms with Crippen LogP contribution in [0.4, 0.5) is 11.4 Å². The molecule has 0 radical (unpaired) electrons. The first-order valence-electron chi connectivity index (χ1n) is 8.33. The Kier molecular flexibility index (Phi) is 6.90. The standard InChI is InChI=1S/C19H19ClN2O5/c1-3-15(13-7-5-4-6-8-13)19(24)27-12(2)18(23)21-17-11-14(22(25)26)9-10-16(17)20/h4-12,15H,3H2,1-2H3,(H,21,23)/t12-,15-/m0/s1. The number of benzene rings is 2. The lowest BCUT2D eigenvalue weighted by Crippen LogP contribution is -2.31. The number of carbonyl (C=O) groups is 2. The van der Waals surface area contributed by atoms with Gasteiger partial charge in [0.25, 0.3) is 11.6 Å². The number of nitrogens with zero attached hydrogens (tertiary/aromatic N) is 1. The first kappa shape index (κ1) is 20.4. The van der Waals surface area contributed by atoms with Crippen molar-refractivity contribution in [3.63, 3.8) is 0 Å². The second-order valence-corrected chi connectivity index (χ2v) is 6.27. The first-order valence-corrected chi connectivity index (χ1v) is 8.71. The minimum absolute atomic E-state index is 0.0777. The van der Waals surface area contributed by atoms with E-state index in [0.717, 1.165) is 11.6 Å². The van der Waals surface area contributed by atoms with Crippen LogP contribution in [-0.4, -0.2) is 22.9 Å². The van der Waals surface area contributed by atoms with Gasteiger partial charge in [0.1, 0.15) is 0 Å². The molecule has 0 unspecified atom stereocenters. The van der Waals surface area contributed by atoms with Gasteiger partial charge < -0.3 is 10.1 Å². The van der Waals surface area contributed by atoms with E-state index < -0.39 is 28.8 Å². The summed E-state index contributed by atoms with van der Waals surface area (Å²) in [5.41, 5.74) is 0.669. The summed E-state index contributed by atoms with van der Waals surface area (Å²) in [6.07, 6.45) is -0.570. The lowest BCUT2D eigenvalue weighted by molar-refractivity contribution is -0.384. The minimum atomic E-state index is -1.09. The number of ether oxygens (including phenoxy) is 1. The Labute approximate surface area is 161 Å². The van der Waals surface area contributed by atoms with Crippen LogP contribution in [0.3, 0.4) is 0 Å². The van der Waals surface area contributed by atoms with Gasteiger partial charge >= 0.3 is 5.97 Å². The lowest BCUT2D eigenvalue weighted by atomic mass is 9.97. The number of hydrogen-bond donors (Lipinski definition) is 1. The Balaban J connectivity index is 2.06. The second kappa shape index (κ2) is 9.14. The van der Waals surface area contributed by atoms with Crippen LogP contribution in [0.2, 0.25) is 5.02 Å². The molecule has 0 fully saturated rings. The Morgan fingerprint density at radius 1 is 1.22 bits per heavy atom. The molecule has 142 valence electrons. The molecule has 27 heavy (non-hydrogen) atoms. The van der Waals surface area contributed by atoms with Crippen LogP contribution in [0.15, 0.2) is 48.5 Å². The van der Waals surface area contributed by atoms with Gasteiger partial charge in [0.05, 0.1) is 21.6 Å². The molecule has 0 aliphatic carbocycles. The highest BCUT2D eigenvalue weighted by atomic mass is 35.5. The fourth-order valence-electron chi connectivity index (χ4n) is 2.49. The quantitative estimate of drug-likeness (QED) is 0.431. The molecule has 2 aromatic carbocycles. The Morgan fingerprint density at radius 2 is 1.89 bits per heavy atom. The number of nitro benzene ring substituents is 1. The van der Waals surface area contributed by atoms with Crippen LogP contribution >= 0.6 is 11.6 Å². The molecule has 0 bridgehead atoms. The van der Waals surface area contributed by atoms with Crippen LogP contribution in [0.5, 0.6) is 0 Å². The number of anilines is 1. The monoisotopic (exact) mass is 390 g/mol. The van der Waals surface area contributed by atoms with Gasteiger partial charge in [0.15, 0.2) is 6.10 Å². The molecule has 0 heterocycles. The van der Waals surface area contributed by atoms with E-state index in [0.29, 0.717) is 6.42 Å². The van der Waals surface area contributed by atoms with Crippen molar-refractivity contribution in [2.45, 2.75) is 32.3 Å². The number of esters is 1. The molecule has 7 nitrogen and oxygen atoms in total. The van der Waals surface area contributed by atoms with Crippen molar-refractivity contribution in [1.29, 1.82) is 0 Å². The normalized spacial score (nSPS) is 12.7. The number of nitrogens with one attached hydrogen (secondary N) is 1. The number of rotatable bonds is 7. The van der Waals surface area contributed by atoms with Crippen LogP contribution in [0, 0.1) is 10.1 Å². The van der Waals surface area contributed by atoms with E-state index >= 15 is 0 Å². The number of non-ortho nitro benzene ring substituents is 1. The van der Waals surface area contributed by atoms with E-state index in [2.05, 4.69) is 5.32 Å². The Hall–Kier alpha value is -2.93. The summed E-state index contributed by atoms with van der Waals surface area (Å²) >= 11 is 5.96. The summed E-state index contributed by atoms with van der Waals surface area (Å²) in [6.45, 7) is 3.28. The predicted molar refractivity (Wildman–Crippen MR) is 102 cm³/mol. The molecule has 0 saturated carbocycles. The molecule has 2 atom stereocenters. The highest BCUT2D eigenvalue weighted by Gasteiger charge is 2.25. The highest BCUT2D eigenvalue weighted by Crippen LogP contribution is 2.27. The van der Waals surface area contributed by atoms with Gasteiger partial charge in [0.2, 0.25) is 0 Å². The number of carbonyl (C=O) groups excluding carboxylic acids is 2. The predicted octanol–water partition coefficient (Wildman–Crippen LogP) is 4.31. The van der Waals surface area contributed by atoms with E-state index in [1.165, 1.54) is 19.1 Å². The first-order chi connectivity index (χ1) is 12.8. The van der Waals surface area contributed by atoms with Gasteiger partial charge in [-0.05, 0) is 25.0 Å². The molecule has 2 rings (SSSR count). The minimum Gasteiger partial charge on any atom is -0.452 e. The molecular formula is C19H19ClN2O5. The molecule has 0 aliphatic rings. The second-order valence-electron chi connectivity index (χ2n) is 5.86. The van der Waals surface area contributed by atoms with Gasteiger partial charge in [0, 0.05) is 12.1 Å². The molecule has 8 heteroatoms. The maximum atomic E-state index is 12.4. The zero-order valence-electron chi connectivity index (χ0n) is 14.8. The van der Waals surface area contributed by atoms with Gasteiger partial charge in [-0.25, -0.2) is 0 Å². The molecule has 0 aliphatic heterocycles. The average Bonchev–Trinajstić information content (AvgIpc) is 2.64. The molecule has 0 spiro atoms.